The topological polar surface area (TPSA) is 53.0 Å². The van der Waals surface area contributed by atoms with Crippen LogP contribution in [0.2, 0.25) is 0 Å². The Morgan fingerprint density at radius 3 is 2.80 bits per heavy atom. The summed E-state index contributed by atoms with van der Waals surface area (Å²) in [4.78, 5) is 2.34. The Labute approximate surface area is 119 Å². The van der Waals surface area contributed by atoms with Crippen LogP contribution >= 0.6 is 0 Å². The number of hydrogen-bond donors (Lipinski definition) is 1. The first-order chi connectivity index (χ1) is 9.76. The van der Waals surface area contributed by atoms with Crippen molar-refractivity contribution in [3.8, 4) is 6.07 Å². The van der Waals surface area contributed by atoms with E-state index >= 15 is 0 Å². The van der Waals surface area contributed by atoms with Crippen molar-refractivity contribution < 1.29 is 0 Å². The Morgan fingerprint density at radius 2 is 2.00 bits per heavy atom. The van der Waals surface area contributed by atoms with Crippen molar-refractivity contribution in [1.29, 1.82) is 5.26 Å². The standard InChI is InChI=1S/C17H17N3/c18-11-13-3-1-6-17(9-13)20-8-7-15(12-20)14-4-2-5-16(19)10-14/h1-6,9-10,15H,7-8,12,19H2. The van der Waals surface area contributed by atoms with Crippen molar-refractivity contribution in [3.05, 3.63) is 59.7 Å². The highest BCUT2D eigenvalue weighted by molar-refractivity contribution is 5.53. The molecule has 1 aliphatic rings. The van der Waals surface area contributed by atoms with E-state index in [9.17, 15) is 0 Å². The van der Waals surface area contributed by atoms with Crippen molar-refractivity contribution in [3.63, 3.8) is 0 Å². The summed E-state index contributed by atoms with van der Waals surface area (Å²) in [6.07, 6.45) is 1.13. The Balaban J connectivity index is 1.78. The minimum absolute atomic E-state index is 0.518. The van der Waals surface area contributed by atoms with Crippen molar-refractivity contribution >= 4 is 11.4 Å². The molecule has 1 heterocycles. The van der Waals surface area contributed by atoms with Crippen molar-refractivity contribution in [2.45, 2.75) is 12.3 Å². The molecule has 0 radical (unpaired) electrons. The van der Waals surface area contributed by atoms with E-state index in [1.165, 1.54) is 5.56 Å². The van der Waals surface area contributed by atoms with Gasteiger partial charge in [0.15, 0.2) is 0 Å². The third-order valence-corrected chi connectivity index (χ3v) is 3.91. The number of anilines is 2. The van der Waals surface area contributed by atoms with Gasteiger partial charge >= 0.3 is 0 Å². The zero-order valence-electron chi connectivity index (χ0n) is 11.3. The molecule has 1 aliphatic heterocycles. The monoisotopic (exact) mass is 263 g/mol. The lowest BCUT2D eigenvalue weighted by Crippen LogP contribution is -2.19. The number of nitrogen functional groups attached to an aromatic ring is 1. The van der Waals surface area contributed by atoms with Gasteiger partial charge in [-0.15, -0.1) is 0 Å². The summed E-state index contributed by atoms with van der Waals surface area (Å²) in [5.41, 5.74) is 9.85. The Bertz CT molecular complexity index is 657. The summed E-state index contributed by atoms with van der Waals surface area (Å²) in [6.45, 7) is 2.01. The highest BCUT2D eigenvalue weighted by Gasteiger charge is 2.24. The van der Waals surface area contributed by atoms with Crippen LogP contribution in [0.25, 0.3) is 0 Å². The Kier molecular flexibility index (Phi) is 3.30. The van der Waals surface area contributed by atoms with E-state index in [0.717, 1.165) is 36.4 Å². The zero-order valence-corrected chi connectivity index (χ0v) is 11.3. The smallest absolute Gasteiger partial charge is 0.0992 e. The first kappa shape index (κ1) is 12.6. The largest absolute Gasteiger partial charge is 0.399 e. The molecule has 2 N–H and O–H groups in total. The summed E-state index contributed by atoms with van der Waals surface area (Å²) < 4.78 is 0. The Morgan fingerprint density at radius 1 is 1.15 bits per heavy atom. The van der Waals surface area contributed by atoms with Gasteiger partial charge in [-0.3, -0.25) is 0 Å². The molecule has 2 aromatic carbocycles. The van der Waals surface area contributed by atoms with Crippen LogP contribution in [0.15, 0.2) is 48.5 Å². The molecule has 3 rings (SSSR count). The lowest BCUT2D eigenvalue weighted by molar-refractivity contribution is 0.775. The molecule has 0 aliphatic carbocycles. The molecule has 0 bridgehead atoms. The zero-order chi connectivity index (χ0) is 13.9. The SMILES string of the molecule is N#Cc1cccc(N2CCC(c3cccc(N)c3)C2)c1. The molecule has 3 nitrogen and oxygen atoms in total. The maximum Gasteiger partial charge on any atom is 0.0992 e. The fourth-order valence-corrected chi connectivity index (χ4v) is 2.85. The molecule has 0 saturated carbocycles. The maximum atomic E-state index is 8.98. The summed E-state index contributed by atoms with van der Waals surface area (Å²) in [5, 5.41) is 8.98. The molecule has 1 unspecified atom stereocenters. The van der Waals surface area contributed by atoms with Crippen LogP contribution in [0.4, 0.5) is 11.4 Å². The van der Waals surface area contributed by atoms with E-state index in [2.05, 4.69) is 29.2 Å². The number of benzene rings is 2. The highest BCUT2D eigenvalue weighted by Crippen LogP contribution is 2.31. The third kappa shape index (κ3) is 2.46. The highest BCUT2D eigenvalue weighted by atomic mass is 15.1. The normalized spacial score (nSPS) is 17.9. The lowest BCUT2D eigenvalue weighted by Gasteiger charge is -2.19. The van der Waals surface area contributed by atoms with Crippen LogP contribution in [-0.2, 0) is 0 Å². The Hall–Kier alpha value is -2.47. The van der Waals surface area contributed by atoms with Gasteiger partial charge in [0.25, 0.3) is 0 Å². The van der Waals surface area contributed by atoms with Crippen LogP contribution in [0.1, 0.15) is 23.5 Å². The number of nitriles is 1. The summed E-state index contributed by atoms with van der Waals surface area (Å²) in [7, 11) is 0. The van der Waals surface area contributed by atoms with Gasteiger partial charge in [0.2, 0.25) is 0 Å². The fraction of sp³-hybridized carbons (Fsp3) is 0.235. The lowest BCUT2D eigenvalue weighted by atomic mass is 9.98. The minimum Gasteiger partial charge on any atom is -0.399 e. The van der Waals surface area contributed by atoms with Crippen molar-refractivity contribution in [2.75, 3.05) is 23.7 Å². The molecule has 20 heavy (non-hydrogen) atoms. The molecule has 0 amide bonds. The second-order valence-corrected chi connectivity index (χ2v) is 5.26. The van der Waals surface area contributed by atoms with Gasteiger partial charge in [-0.1, -0.05) is 18.2 Å². The van der Waals surface area contributed by atoms with Crippen molar-refractivity contribution in [2.24, 2.45) is 0 Å². The fourth-order valence-electron chi connectivity index (χ4n) is 2.85. The molecule has 1 atom stereocenters. The van der Waals surface area contributed by atoms with Crippen molar-refractivity contribution in [1.82, 2.24) is 0 Å². The van der Waals surface area contributed by atoms with E-state index in [-0.39, 0.29) is 0 Å². The second kappa shape index (κ2) is 5.26. The molecule has 2 aromatic rings. The molecular formula is C17H17N3. The third-order valence-electron chi connectivity index (χ3n) is 3.91. The van der Waals surface area contributed by atoms with Crippen LogP contribution in [0.3, 0.4) is 0 Å². The van der Waals surface area contributed by atoms with Gasteiger partial charge in [0.1, 0.15) is 0 Å². The predicted octanol–water partition coefficient (Wildman–Crippen LogP) is 3.13. The summed E-state index contributed by atoms with van der Waals surface area (Å²) in [6, 6.07) is 18.2. The van der Waals surface area contributed by atoms with Crippen LogP contribution in [0, 0.1) is 11.3 Å². The van der Waals surface area contributed by atoms with Crippen LogP contribution < -0.4 is 10.6 Å². The van der Waals surface area contributed by atoms with E-state index in [4.69, 9.17) is 11.0 Å². The molecule has 1 fully saturated rings. The van der Waals surface area contributed by atoms with E-state index < -0.39 is 0 Å². The first-order valence-electron chi connectivity index (χ1n) is 6.87. The van der Waals surface area contributed by atoms with Gasteiger partial charge < -0.3 is 10.6 Å². The molecular weight excluding hydrogens is 246 g/mol. The van der Waals surface area contributed by atoms with Gasteiger partial charge in [-0.2, -0.15) is 5.26 Å². The van der Waals surface area contributed by atoms with E-state index in [0.29, 0.717) is 5.92 Å². The molecule has 3 heteroatoms. The average molecular weight is 263 g/mol. The van der Waals surface area contributed by atoms with Gasteiger partial charge in [-0.25, -0.2) is 0 Å². The first-order valence-corrected chi connectivity index (χ1v) is 6.87. The number of nitrogens with zero attached hydrogens (tertiary/aromatic N) is 2. The number of nitrogens with two attached hydrogens (primary N) is 1. The molecule has 100 valence electrons. The van der Waals surface area contributed by atoms with Gasteiger partial charge in [0.05, 0.1) is 11.6 Å². The summed E-state index contributed by atoms with van der Waals surface area (Å²) in [5.74, 6) is 0.518. The molecule has 0 spiro atoms. The predicted molar refractivity (Wildman–Crippen MR) is 81.6 cm³/mol. The number of rotatable bonds is 2. The van der Waals surface area contributed by atoms with Crippen LogP contribution in [-0.4, -0.2) is 13.1 Å². The average Bonchev–Trinajstić information content (AvgIpc) is 2.97. The second-order valence-electron chi connectivity index (χ2n) is 5.26. The molecule has 1 saturated heterocycles. The minimum atomic E-state index is 0.518. The van der Waals surface area contributed by atoms with Gasteiger partial charge in [-0.05, 0) is 42.3 Å². The van der Waals surface area contributed by atoms with E-state index in [1.54, 1.807) is 0 Å². The summed E-state index contributed by atoms with van der Waals surface area (Å²) >= 11 is 0. The number of hydrogen-bond acceptors (Lipinski definition) is 3. The van der Waals surface area contributed by atoms with E-state index in [1.807, 2.05) is 30.3 Å². The maximum absolute atomic E-state index is 8.98. The molecule has 0 aromatic heterocycles. The quantitative estimate of drug-likeness (QED) is 0.847. The van der Waals surface area contributed by atoms with Crippen LogP contribution in [0.5, 0.6) is 0 Å². The van der Waals surface area contributed by atoms with Gasteiger partial charge in [0, 0.05) is 30.4 Å².